The first-order valence-electron chi connectivity index (χ1n) is 9.42. The summed E-state index contributed by atoms with van der Waals surface area (Å²) in [5.41, 5.74) is 5.96. The topological polar surface area (TPSA) is 211 Å². The Morgan fingerprint density at radius 3 is 2.03 bits per heavy atom. The Morgan fingerprint density at radius 2 is 1.55 bits per heavy atom. The minimum Gasteiger partial charge on any atom is -0.508 e. The van der Waals surface area contributed by atoms with Gasteiger partial charge in [-0.05, 0) is 31.5 Å². The number of aliphatic hydroxyl groups excluding tert-OH is 2. The molecule has 12 heteroatoms. The van der Waals surface area contributed by atoms with E-state index < -0.39 is 60.6 Å². The molecule has 0 fully saturated rings. The van der Waals surface area contributed by atoms with Crippen molar-refractivity contribution >= 4 is 23.7 Å². The Labute approximate surface area is 178 Å². The molecule has 1 aromatic carbocycles. The van der Waals surface area contributed by atoms with E-state index in [0.29, 0.717) is 5.56 Å². The summed E-state index contributed by atoms with van der Waals surface area (Å²) in [6.45, 7) is 1.95. The molecule has 5 atom stereocenters. The van der Waals surface area contributed by atoms with E-state index in [-0.39, 0.29) is 12.2 Å². The van der Waals surface area contributed by atoms with Crippen LogP contribution >= 0.6 is 0 Å². The van der Waals surface area contributed by atoms with Gasteiger partial charge in [-0.3, -0.25) is 14.4 Å². The maximum absolute atomic E-state index is 12.5. The molecule has 0 heterocycles. The smallest absolute Gasteiger partial charge is 0.326 e. The molecule has 3 amide bonds. The second kappa shape index (κ2) is 11.8. The molecule has 0 aliphatic carbocycles. The zero-order valence-corrected chi connectivity index (χ0v) is 17.1. The number of nitrogens with two attached hydrogens (primary N) is 1. The van der Waals surface area contributed by atoms with Crippen LogP contribution in [0.25, 0.3) is 0 Å². The van der Waals surface area contributed by atoms with Crippen molar-refractivity contribution in [3.63, 3.8) is 0 Å². The van der Waals surface area contributed by atoms with Crippen LogP contribution in [0.2, 0.25) is 0 Å². The summed E-state index contributed by atoms with van der Waals surface area (Å²) in [7, 11) is 0. The lowest BCUT2D eigenvalue weighted by Crippen LogP contribution is -2.58. The van der Waals surface area contributed by atoms with Crippen LogP contribution in [0.15, 0.2) is 24.3 Å². The quantitative estimate of drug-likeness (QED) is 0.178. The molecule has 0 radical (unpaired) electrons. The van der Waals surface area contributed by atoms with E-state index in [0.717, 1.165) is 0 Å². The van der Waals surface area contributed by atoms with E-state index in [1.807, 2.05) is 0 Å². The van der Waals surface area contributed by atoms with Gasteiger partial charge in [-0.2, -0.15) is 0 Å². The monoisotopic (exact) mass is 440 g/mol. The molecule has 31 heavy (non-hydrogen) atoms. The highest BCUT2D eigenvalue weighted by atomic mass is 16.4. The van der Waals surface area contributed by atoms with Crippen molar-refractivity contribution in [1.82, 2.24) is 16.0 Å². The van der Waals surface area contributed by atoms with Crippen molar-refractivity contribution in [2.45, 2.75) is 50.6 Å². The summed E-state index contributed by atoms with van der Waals surface area (Å²) < 4.78 is 0. The molecule has 1 rings (SSSR count). The maximum Gasteiger partial charge on any atom is 0.326 e. The van der Waals surface area contributed by atoms with Crippen LogP contribution in [0, 0.1) is 0 Å². The van der Waals surface area contributed by atoms with Gasteiger partial charge in [-0.25, -0.2) is 4.79 Å². The highest BCUT2D eigenvalue weighted by Crippen LogP contribution is 2.11. The number of hydrogen-bond acceptors (Lipinski definition) is 8. The lowest BCUT2D eigenvalue weighted by Gasteiger charge is -2.23. The third-order valence-corrected chi connectivity index (χ3v) is 4.32. The molecular weight excluding hydrogens is 412 g/mol. The largest absolute Gasteiger partial charge is 0.508 e. The normalized spacial score (nSPS) is 15.6. The number of aliphatic hydroxyl groups is 2. The third-order valence-electron chi connectivity index (χ3n) is 4.32. The van der Waals surface area contributed by atoms with E-state index in [2.05, 4.69) is 16.0 Å². The van der Waals surface area contributed by atoms with Gasteiger partial charge in [0.1, 0.15) is 23.9 Å². The summed E-state index contributed by atoms with van der Waals surface area (Å²) in [5.74, 6) is -3.91. The van der Waals surface area contributed by atoms with Gasteiger partial charge < -0.3 is 42.1 Å². The molecule has 12 nitrogen and oxygen atoms in total. The van der Waals surface area contributed by atoms with Gasteiger partial charge in [-0.1, -0.05) is 12.1 Å². The highest BCUT2D eigenvalue weighted by molar-refractivity contribution is 5.93. The van der Waals surface area contributed by atoms with Crippen LogP contribution in [0.5, 0.6) is 5.75 Å². The van der Waals surface area contributed by atoms with E-state index in [9.17, 15) is 39.6 Å². The predicted octanol–water partition coefficient (Wildman–Crippen LogP) is -2.81. The molecule has 0 saturated carbocycles. The van der Waals surface area contributed by atoms with Gasteiger partial charge in [0.2, 0.25) is 17.7 Å². The number of carboxylic acids is 1. The van der Waals surface area contributed by atoms with E-state index >= 15 is 0 Å². The van der Waals surface area contributed by atoms with Crippen LogP contribution in [-0.2, 0) is 25.6 Å². The van der Waals surface area contributed by atoms with Crippen molar-refractivity contribution in [3.8, 4) is 5.75 Å². The minimum atomic E-state index is -1.49. The average molecular weight is 440 g/mol. The minimum absolute atomic E-state index is 0.00182. The molecule has 0 spiro atoms. The summed E-state index contributed by atoms with van der Waals surface area (Å²) >= 11 is 0. The SMILES string of the molecule is CC(O)C(N)C(=O)NCC(=O)NC(C(=O)NC(Cc1ccc(O)cc1)C(=O)O)C(C)O. The van der Waals surface area contributed by atoms with Gasteiger partial charge in [-0.15, -0.1) is 0 Å². The van der Waals surface area contributed by atoms with Crippen molar-refractivity contribution in [3.05, 3.63) is 29.8 Å². The number of aromatic hydroxyl groups is 1. The summed E-state index contributed by atoms with van der Waals surface area (Å²) in [5, 5.41) is 44.4. The van der Waals surface area contributed by atoms with Gasteiger partial charge in [0.15, 0.2) is 0 Å². The molecule has 0 aliphatic rings. The van der Waals surface area contributed by atoms with Gasteiger partial charge in [0.05, 0.1) is 18.8 Å². The van der Waals surface area contributed by atoms with Gasteiger partial charge >= 0.3 is 5.97 Å². The van der Waals surface area contributed by atoms with Gasteiger partial charge in [0.25, 0.3) is 0 Å². The fraction of sp³-hybridized carbons (Fsp3) is 0.474. The summed E-state index contributed by atoms with van der Waals surface area (Å²) in [6.07, 6.45) is -2.61. The third kappa shape index (κ3) is 8.58. The van der Waals surface area contributed by atoms with Crippen LogP contribution < -0.4 is 21.7 Å². The number of phenols is 1. The number of carboxylic acid groups (broad SMARTS) is 1. The summed E-state index contributed by atoms with van der Waals surface area (Å²) in [6, 6.07) is 1.62. The number of benzene rings is 1. The van der Waals surface area contributed by atoms with Crippen LogP contribution in [0.3, 0.4) is 0 Å². The lowest BCUT2D eigenvalue weighted by atomic mass is 10.0. The van der Waals surface area contributed by atoms with E-state index in [4.69, 9.17) is 5.73 Å². The second-order valence-electron chi connectivity index (χ2n) is 7.04. The Morgan fingerprint density at radius 1 is 0.968 bits per heavy atom. The van der Waals surface area contributed by atoms with E-state index in [1.54, 1.807) is 0 Å². The molecule has 172 valence electrons. The van der Waals surface area contributed by atoms with Crippen LogP contribution in [0.1, 0.15) is 19.4 Å². The van der Waals surface area contributed by atoms with E-state index in [1.165, 1.54) is 38.1 Å². The number of nitrogens with one attached hydrogen (secondary N) is 3. The standard InChI is InChI=1S/C19H28N4O8/c1-9(24)15(20)17(28)21-8-14(27)23-16(10(2)25)18(29)22-13(19(30)31)7-11-3-5-12(26)6-4-11/h3-6,9-10,13,15-16,24-26H,7-8,20H2,1-2H3,(H,21,28)(H,22,29)(H,23,27)(H,30,31). The van der Waals surface area contributed by atoms with Crippen molar-refractivity contribution in [2.75, 3.05) is 6.54 Å². The summed E-state index contributed by atoms with van der Waals surface area (Å²) in [4.78, 5) is 47.7. The first kappa shape index (κ1) is 25.8. The molecule has 0 saturated heterocycles. The zero-order valence-electron chi connectivity index (χ0n) is 17.1. The molecule has 9 N–H and O–H groups in total. The Balaban J connectivity index is 2.73. The molecular formula is C19H28N4O8. The fourth-order valence-corrected chi connectivity index (χ4v) is 2.46. The number of rotatable bonds is 11. The lowest BCUT2D eigenvalue weighted by molar-refractivity contribution is -0.142. The molecule has 5 unspecified atom stereocenters. The number of amides is 3. The Kier molecular flexibility index (Phi) is 9.86. The van der Waals surface area contributed by atoms with Crippen molar-refractivity contribution < 1.29 is 39.6 Å². The first-order chi connectivity index (χ1) is 14.4. The van der Waals surface area contributed by atoms with Crippen molar-refractivity contribution in [2.24, 2.45) is 5.73 Å². The van der Waals surface area contributed by atoms with Crippen LogP contribution in [-0.4, -0.2) is 81.0 Å². The Hall–Kier alpha value is -3.22. The Bertz CT molecular complexity index is 782. The number of carbonyl (C=O) groups excluding carboxylic acids is 3. The molecule has 0 aromatic heterocycles. The van der Waals surface area contributed by atoms with Crippen LogP contribution in [0.4, 0.5) is 0 Å². The first-order valence-corrected chi connectivity index (χ1v) is 9.42. The number of hydrogen-bond donors (Lipinski definition) is 8. The molecule has 1 aromatic rings. The molecule has 0 bridgehead atoms. The number of phenolic OH excluding ortho intramolecular Hbond substituents is 1. The zero-order chi connectivity index (χ0) is 23.7. The van der Waals surface area contributed by atoms with Crippen molar-refractivity contribution in [1.29, 1.82) is 0 Å². The predicted molar refractivity (Wildman–Crippen MR) is 108 cm³/mol. The fourth-order valence-electron chi connectivity index (χ4n) is 2.46. The maximum atomic E-state index is 12.5. The second-order valence-corrected chi connectivity index (χ2v) is 7.04. The highest BCUT2D eigenvalue weighted by Gasteiger charge is 2.30. The average Bonchev–Trinajstić information content (AvgIpc) is 2.70. The number of carbonyl (C=O) groups is 4. The molecule has 0 aliphatic heterocycles. The van der Waals surface area contributed by atoms with Gasteiger partial charge in [0, 0.05) is 6.42 Å². The number of aliphatic carboxylic acids is 1.